The predicted molar refractivity (Wildman–Crippen MR) is 114 cm³/mol. The number of halogens is 4. The minimum Gasteiger partial charge on any atom is -0.363 e. The first-order chi connectivity index (χ1) is 14.6. The monoisotopic (exact) mass is 448 g/mol. The van der Waals surface area contributed by atoms with Gasteiger partial charge in [-0.05, 0) is 54.8 Å². The molecule has 2 heterocycles. The highest BCUT2D eigenvalue weighted by Crippen LogP contribution is 2.43. The zero-order valence-corrected chi connectivity index (χ0v) is 17.6. The molecule has 162 valence electrons. The molecule has 0 spiro atoms. The van der Waals surface area contributed by atoms with Crippen molar-refractivity contribution < 1.29 is 18.0 Å². The molecule has 0 bridgehead atoms. The van der Waals surface area contributed by atoms with Crippen molar-refractivity contribution in [1.82, 2.24) is 9.78 Å². The second-order valence-electron chi connectivity index (χ2n) is 7.73. The van der Waals surface area contributed by atoms with Crippen LogP contribution in [0.2, 0.25) is 5.02 Å². The van der Waals surface area contributed by atoms with Crippen molar-refractivity contribution in [3.05, 3.63) is 75.9 Å². The smallest absolute Gasteiger partial charge is 0.363 e. The SMILES string of the molecule is Cc1cc(C)cc(NC(=O)c2cc3n(n2)[C@@H](C(F)(F)F)C[C@H](c2ccc(Cl)cc2)N3)c1. The van der Waals surface area contributed by atoms with E-state index in [4.69, 9.17) is 11.6 Å². The number of carbonyl (C=O) groups excluding carboxylic acids is 1. The Kier molecular flexibility index (Phi) is 5.43. The van der Waals surface area contributed by atoms with Gasteiger partial charge in [0.1, 0.15) is 5.82 Å². The van der Waals surface area contributed by atoms with Crippen LogP contribution in [0.4, 0.5) is 24.7 Å². The van der Waals surface area contributed by atoms with Crippen LogP contribution in [0.3, 0.4) is 0 Å². The van der Waals surface area contributed by atoms with E-state index in [1.165, 1.54) is 6.07 Å². The molecule has 2 N–H and O–H groups in total. The summed E-state index contributed by atoms with van der Waals surface area (Å²) in [6, 6.07) is 11.1. The quantitative estimate of drug-likeness (QED) is 0.511. The zero-order chi connectivity index (χ0) is 22.3. The number of fused-ring (bicyclic) bond motifs is 1. The Morgan fingerprint density at radius 1 is 1.13 bits per heavy atom. The average molecular weight is 449 g/mol. The van der Waals surface area contributed by atoms with Gasteiger partial charge in [-0.1, -0.05) is 29.8 Å². The van der Waals surface area contributed by atoms with Crippen LogP contribution in [0, 0.1) is 13.8 Å². The normalized spacial score (nSPS) is 18.3. The van der Waals surface area contributed by atoms with Gasteiger partial charge >= 0.3 is 6.18 Å². The summed E-state index contributed by atoms with van der Waals surface area (Å²) in [6.45, 7) is 3.79. The summed E-state index contributed by atoms with van der Waals surface area (Å²) in [5.74, 6) is -0.434. The lowest BCUT2D eigenvalue weighted by Crippen LogP contribution is -2.35. The van der Waals surface area contributed by atoms with E-state index in [0.29, 0.717) is 16.3 Å². The zero-order valence-electron chi connectivity index (χ0n) is 16.8. The fraction of sp³-hybridized carbons (Fsp3) is 0.273. The topological polar surface area (TPSA) is 59.0 Å². The first kappa shape index (κ1) is 21.2. The van der Waals surface area contributed by atoms with Gasteiger partial charge in [0.05, 0.1) is 6.04 Å². The number of hydrogen-bond donors (Lipinski definition) is 2. The van der Waals surface area contributed by atoms with Gasteiger partial charge in [-0.15, -0.1) is 0 Å². The van der Waals surface area contributed by atoms with Gasteiger partial charge in [0.2, 0.25) is 0 Å². The van der Waals surface area contributed by atoms with Crippen molar-refractivity contribution in [2.45, 2.75) is 38.5 Å². The Morgan fingerprint density at radius 2 is 1.77 bits per heavy atom. The molecule has 0 saturated heterocycles. The summed E-state index contributed by atoms with van der Waals surface area (Å²) < 4.78 is 42.3. The lowest BCUT2D eigenvalue weighted by atomic mass is 9.97. The van der Waals surface area contributed by atoms with Gasteiger partial charge in [0.25, 0.3) is 5.91 Å². The molecule has 0 unspecified atom stereocenters. The summed E-state index contributed by atoms with van der Waals surface area (Å²) in [7, 11) is 0. The maximum Gasteiger partial charge on any atom is 0.410 e. The van der Waals surface area contributed by atoms with Gasteiger partial charge < -0.3 is 10.6 Å². The number of aromatic nitrogens is 2. The average Bonchev–Trinajstić information content (AvgIpc) is 3.10. The van der Waals surface area contributed by atoms with Crippen molar-refractivity contribution >= 4 is 29.0 Å². The number of benzene rings is 2. The fourth-order valence-corrected chi connectivity index (χ4v) is 3.97. The molecule has 5 nitrogen and oxygen atoms in total. The lowest BCUT2D eigenvalue weighted by Gasteiger charge is -2.33. The molecule has 3 aromatic rings. The van der Waals surface area contributed by atoms with Crippen LogP contribution in [0.1, 0.15) is 45.7 Å². The third-order valence-corrected chi connectivity index (χ3v) is 5.43. The molecule has 1 aromatic heterocycles. The van der Waals surface area contributed by atoms with E-state index < -0.39 is 24.2 Å². The number of nitrogens with zero attached hydrogens (tertiary/aromatic N) is 2. The Balaban J connectivity index is 1.64. The summed E-state index contributed by atoms with van der Waals surface area (Å²) in [6.07, 6.45) is -4.77. The molecular formula is C22H20ClF3N4O. The second kappa shape index (κ2) is 7.92. The van der Waals surface area contributed by atoms with Crippen LogP contribution < -0.4 is 10.6 Å². The molecule has 2 atom stereocenters. The van der Waals surface area contributed by atoms with Crippen molar-refractivity contribution in [3.63, 3.8) is 0 Å². The third-order valence-electron chi connectivity index (χ3n) is 5.17. The molecule has 1 aliphatic rings. The maximum absolute atomic E-state index is 13.8. The Hall–Kier alpha value is -3.00. The van der Waals surface area contributed by atoms with Crippen LogP contribution in [0.25, 0.3) is 0 Å². The number of amides is 1. The van der Waals surface area contributed by atoms with Crippen molar-refractivity contribution in [1.29, 1.82) is 0 Å². The highest BCUT2D eigenvalue weighted by Gasteiger charge is 2.46. The largest absolute Gasteiger partial charge is 0.410 e. The summed E-state index contributed by atoms with van der Waals surface area (Å²) in [5.41, 5.74) is 3.07. The lowest BCUT2D eigenvalue weighted by molar-refractivity contribution is -0.173. The molecular weight excluding hydrogens is 429 g/mol. The highest BCUT2D eigenvalue weighted by atomic mass is 35.5. The summed E-state index contributed by atoms with van der Waals surface area (Å²) in [5, 5.41) is 10.3. The van der Waals surface area contributed by atoms with E-state index in [-0.39, 0.29) is 17.9 Å². The number of rotatable bonds is 3. The summed E-state index contributed by atoms with van der Waals surface area (Å²) in [4.78, 5) is 12.7. The molecule has 0 radical (unpaired) electrons. The summed E-state index contributed by atoms with van der Waals surface area (Å²) >= 11 is 5.90. The first-order valence-electron chi connectivity index (χ1n) is 9.68. The Morgan fingerprint density at radius 3 is 2.39 bits per heavy atom. The molecule has 1 aliphatic heterocycles. The van der Waals surface area contributed by atoms with Gasteiger partial charge in [-0.2, -0.15) is 18.3 Å². The number of hydrogen-bond acceptors (Lipinski definition) is 3. The number of aryl methyl sites for hydroxylation is 2. The number of carbonyl (C=O) groups is 1. The van der Waals surface area contributed by atoms with Crippen LogP contribution in [0.5, 0.6) is 0 Å². The van der Waals surface area contributed by atoms with Crippen LogP contribution in [-0.2, 0) is 0 Å². The van der Waals surface area contributed by atoms with Crippen molar-refractivity contribution in [2.75, 3.05) is 10.6 Å². The molecule has 4 rings (SSSR count). The number of alkyl halides is 3. The molecule has 2 aromatic carbocycles. The van der Waals surface area contributed by atoms with Crippen LogP contribution in [-0.4, -0.2) is 21.9 Å². The minimum atomic E-state index is -4.52. The van der Waals surface area contributed by atoms with Gasteiger partial charge in [-0.25, -0.2) is 4.68 Å². The molecule has 0 fully saturated rings. The van der Waals surface area contributed by atoms with Gasteiger partial charge in [-0.3, -0.25) is 4.79 Å². The minimum absolute atomic E-state index is 0.0901. The van der Waals surface area contributed by atoms with Crippen LogP contribution >= 0.6 is 11.6 Å². The van der Waals surface area contributed by atoms with Crippen LogP contribution in [0.15, 0.2) is 48.5 Å². The Labute approximate surface area is 182 Å². The standard InChI is InChI=1S/C22H20ClF3N4O/c1-12-7-13(2)9-16(8-12)27-21(31)18-11-20-28-17(14-3-5-15(23)6-4-14)10-19(22(24,25)26)30(20)29-18/h3-9,11,17,19,28H,10H2,1-2H3,(H,27,31)/t17-,19-/m1/s1. The molecule has 0 aliphatic carbocycles. The van der Waals surface area contributed by atoms with E-state index >= 15 is 0 Å². The first-order valence-corrected chi connectivity index (χ1v) is 10.1. The van der Waals surface area contributed by atoms with Crippen molar-refractivity contribution in [2.24, 2.45) is 0 Å². The van der Waals surface area contributed by atoms with E-state index in [2.05, 4.69) is 15.7 Å². The third kappa shape index (κ3) is 4.54. The van der Waals surface area contributed by atoms with E-state index in [1.807, 2.05) is 19.9 Å². The maximum atomic E-state index is 13.8. The fourth-order valence-electron chi connectivity index (χ4n) is 3.84. The highest BCUT2D eigenvalue weighted by molar-refractivity contribution is 6.30. The molecule has 0 saturated carbocycles. The molecule has 1 amide bonds. The number of nitrogens with one attached hydrogen (secondary N) is 2. The molecule has 9 heteroatoms. The van der Waals surface area contributed by atoms with E-state index in [1.54, 1.807) is 36.4 Å². The van der Waals surface area contributed by atoms with E-state index in [9.17, 15) is 18.0 Å². The number of anilines is 2. The Bertz CT molecular complexity index is 1100. The molecule has 31 heavy (non-hydrogen) atoms. The van der Waals surface area contributed by atoms with E-state index in [0.717, 1.165) is 15.8 Å². The predicted octanol–water partition coefficient (Wildman–Crippen LogP) is 6.07. The van der Waals surface area contributed by atoms with Crippen molar-refractivity contribution in [3.8, 4) is 0 Å². The van der Waals surface area contributed by atoms with Gasteiger partial charge in [0.15, 0.2) is 11.7 Å². The van der Waals surface area contributed by atoms with Gasteiger partial charge in [0, 0.05) is 23.2 Å². The second-order valence-corrected chi connectivity index (χ2v) is 8.17.